The normalized spacial score (nSPS) is 12.4. The van der Waals surface area contributed by atoms with Crippen LogP contribution in [0, 0.1) is 0 Å². The molecule has 63 heavy (non-hydrogen) atoms. The van der Waals surface area contributed by atoms with Crippen LogP contribution in [0.25, 0.3) is 10.8 Å². The van der Waals surface area contributed by atoms with E-state index in [9.17, 15) is 60.9 Å². The monoisotopic (exact) mass is 1020 g/mol. The summed E-state index contributed by atoms with van der Waals surface area (Å²) >= 11 is 6.07. The molecule has 0 amide bonds. The molecule has 314 valence electrons. The van der Waals surface area contributed by atoms with Gasteiger partial charge in [0.1, 0.15) is 36.0 Å². The molecular formula is C28H20ClN9Na4O16S5. The number of hydrogen-bond acceptors (Lipinski definition) is 23. The van der Waals surface area contributed by atoms with Crippen molar-refractivity contribution in [2.75, 3.05) is 23.0 Å². The molecule has 0 unspecified atom stereocenters. The molecule has 5 rings (SSSR count). The van der Waals surface area contributed by atoms with Crippen LogP contribution in [0.3, 0.4) is 0 Å². The van der Waals surface area contributed by atoms with Crippen molar-refractivity contribution in [2.45, 2.75) is 19.6 Å². The molecular weight excluding hydrogens is 1010 g/mol. The molecule has 5 aromatic rings. The first-order chi connectivity index (χ1) is 27.2. The average molecular weight is 1030 g/mol. The second-order valence-corrected chi connectivity index (χ2v) is 18.9. The number of hydrogen-bond donors (Lipinski definition) is 4. The zero-order valence-electron chi connectivity index (χ0n) is 32.5. The van der Waals surface area contributed by atoms with Gasteiger partial charge in [0.05, 0.1) is 55.0 Å². The zero-order chi connectivity index (χ0) is 43.7. The third kappa shape index (κ3) is 16.9. The first-order valence-electron chi connectivity index (χ1n) is 15.1. The van der Waals surface area contributed by atoms with Gasteiger partial charge < -0.3 is 35.1 Å². The Labute approximate surface area is 451 Å². The minimum atomic E-state index is -5.51. The van der Waals surface area contributed by atoms with Crippen molar-refractivity contribution in [2.24, 2.45) is 21.0 Å². The fourth-order valence-electron chi connectivity index (χ4n) is 4.78. The van der Waals surface area contributed by atoms with E-state index in [0.29, 0.717) is 18.2 Å². The number of azo groups is 1. The number of sulfone groups is 1. The van der Waals surface area contributed by atoms with E-state index >= 15 is 0 Å². The molecule has 0 spiro atoms. The number of anilines is 4. The van der Waals surface area contributed by atoms with Crippen molar-refractivity contribution in [1.29, 1.82) is 0 Å². The number of halogens is 1. The van der Waals surface area contributed by atoms with Crippen LogP contribution >= 0.6 is 11.6 Å². The third-order valence-electron chi connectivity index (χ3n) is 7.19. The van der Waals surface area contributed by atoms with Crippen molar-refractivity contribution >= 4 is 119 Å². The largest absolute Gasteiger partial charge is 1.00 e. The number of aliphatic imine (C=N–C) groups is 1. The molecule has 0 radical (unpaired) electrons. The van der Waals surface area contributed by atoms with Gasteiger partial charge in [-0.15, -0.1) is 5.11 Å². The maximum absolute atomic E-state index is 12.5. The summed E-state index contributed by atoms with van der Waals surface area (Å²) in [5, 5.41) is 23.2. The van der Waals surface area contributed by atoms with Gasteiger partial charge in [0.25, 0.3) is 0 Å². The fraction of sp³-hybridized carbons (Fsp3) is 0.0714. The van der Waals surface area contributed by atoms with Gasteiger partial charge in [0.15, 0.2) is 9.84 Å². The summed E-state index contributed by atoms with van der Waals surface area (Å²) < 4.78 is 166. The zero-order valence-corrected chi connectivity index (χ0v) is 45.4. The molecule has 0 saturated carbocycles. The van der Waals surface area contributed by atoms with E-state index < -0.39 is 100 Å². The maximum Gasteiger partial charge on any atom is 1.00 e. The van der Waals surface area contributed by atoms with E-state index in [-0.39, 0.29) is 169 Å². The van der Waals surface area contributed by atoms with Crippen molar-refractivity contribution in [3.05, 3.63) is 72.0 Å². The molecule has 1 aromatic heterocycles. The van der Waals surface area contributed by atoms with Crippen molar-refractivity contribution in [3.8, 4) is 0 Å². The van der Waals surface area contributed by atoms with Crippen LogP contribution in [0.1, 0.15) is 0 Å². The Bertz CT molecular complexity index is 3150. The van der Waals surface area contributed by atoms with Gasteiger partial charge in [-0.05, 0) is 83.7 Å². The van der Waals surface area contributed by atoms with Crippen molar-refractivity contribution < 1.29 is 188 Å². The van der Waals surface area contributed by atoms with E-state index in [0.717, 1.165) is 6.07 Å². The molecule has 5 N–H and O–H groups in total. The number of benzene rings is 4. The molecule has 0 aliphatic carbocycles. The van der Waals surface area contributed by atoms with Crippen LogP contribution in [0.15, 0.2) is 102 Å². The van der Waals surface area contributed by atoms with Gasteiger partial charge in [-0.1, -0.05) is 0 Å². The fourth-order valence-corrected chi connectivity index (χ4v) is 8.38. The van der Waals surface area contributed by atoms with E-state index in [2.05, 4.69) is 45.0 Å². The van der Waals surface area contributed by atoms with Gasteiger partial charge in [-0.3, -0.25) is 4.55 Å². The number of nitrogens with one attached hydrogen (secondary N) is 2. The van der Waals surface area contributed by atoms with Gasteiger partial charge in [0.2, 0.25) is 17.2 Å². The quantitative estimate of drug-likeness (QED) is 0.0249. The van der Waals surface area contributed by atoms with Gasteiger partial charge in [0, 0.05) is 11.1 Å². The molecule has 1 heterocycles. The topological polar surface area (TPSA) is 418 Å². The Morgan fingerprint density at radius 3 is 1.83 bits per heavy atom. The number of amidine groups is 1. The van der Waals surface area contributed by atoms with Crippen LogP contribution in [0.2, 0.25) is 5.28 Å². The summed E-state index contributed by atoms with van der Waals surface area (Å²) in [5.41, 5.74) is 4.15. The molecule has 25 nitrogen and oxygen atoms in total. The summed E-state index contributed by atoms with van der Waals surface area (Å²) in [6.45, 7) is -0.839. The number of aromatic nitrogens is 3. The molecule has 0 aliphatic rings. The predicted molar refractivity (Wildman–Crippen MR) is 197 cm³/mol. The van der Waals surface area contributed by atoms with Crippen molar-refractivity contribution in [3.63, 3.8) is 0 Å². The Balaban J connectivity index is 0.00000496. The van der Waals surface area contributed by atoms with Crippen LogP contribution in [0.5, 0.6) is 0 Å². The molecule has 0 atom stereocenters. The molecule has 4 aromatic carbocycles. The standard InChI is InChI=1S/C28H24ClN9O16S5.4Na/c29-25-34-27(31-15-1-4-17(5-2-15)55(40,41)8-7-54-59(51,52)53)36-28(35-25)33-20-6-3-16(11-21(20)32-26(30)39)37-38-22-13-19-14(10-24(22)58(48,49)50)9-18(56(42,43)44)12-23(19)57(45,46)47;;;;/h1-6,9-13H,7-8H2,(H3,30,32,39)(H,42,43,44)(H,45,46,47)(H,48,49,50)(H,51,52,53)(H2,31,33,34,35,36);;;;/q;4*+1/p-4. The smallest absolute Gasteiger partial charge is 0.846 e. The number of rotatable bonds is 15. The van der Waals surface area contributed by atoms with E-state index in [1.54, 1.807) is 0 Å². The first-order valence-corrected chi connectivity index (χ1v) is 22.8. The van der Waals surface area contributed by atoms with Crippen LogP contribution < -0.4 is 140 Å². The van der Waals surface area contributed by atoms with Gasteiger partial charge in [-0.2, -0.15) is 28.5 Å². The summed E-state index contributed by atoms with van der Waals surface area (Å²) in [7, 11) is -25.2. The minimum absolute atomic E-state index is 0. The Morgan fingerprint density at radius 2 is 1.29 bits per heavy atom. The van der Waals surface area contributed by atoms with Gasteiger partial charge >= 0.3 is 129 Å². The molecule has 35 heteroatoms. The molecule has 0 aliphatic heterocycles. The first kappa shape index (κ1) is 59.5. The summed E-state index contributed by atoms with van der Waals surface area (Å²) in [5.74, 6) is -1.23. The number of fused-ring (bicyclic) bond motifs is 1. The van der Waals surface area contributed by atoms with Crippen molar-refractivity contribution in [1.82, 2.24) is 15.0 Å². The maximum atomic E-state index is 12.5. The Morgan fingerprint density at radius 1 is 0.698 bits per heavy atom. The predicted octanol–water partition coefficient (Wildman–Crippen LogP) is -10.8. The molecule has 0 bridgehead atoms. The second kappa shape index (κ2) is 23.5. The van der Waals surface area contributed by atoms with Gasteiger partial charge in [-0.25, -0.2) is 42.8 Å². The summed E-state index contributed by atoms with van der Waals surface area (Å²) in [4.78, 5) is 11.8. The summed E-state index contributed by atoms with van der Waals surface area (Å²) in [6, 6.07) is 9.13. The number of nitrogens with two attached hydrogens (primary N) is 1. The molecule has 0 saturated heterocycles. The van der Waals surface area contributed by atoms with Crippen LogP contribution in [-0.4, -0.2) is 93.6 Å². The van der Waals surface area contributed by atoms with Crippen LogP contribution in [-0.2, 0) is 54.8 Å². The minimum Gasteiger partial charge on any atom is -0.846 e. The summed E-state index contributed by atoms with van der Waals surface area (Å²) in [6.07, 6.45) is 0. The third-order valence-corrected chi connectivity index (χ3v) is 12.1. The Kier molecular flexibility index (Phi) is 22.1. The Hall–Kier alpha value is -1.54. The average Bonchev–Trinajstić information content (AvgIpc) is 3.08. The second-order valence-electron chi connectivity index (χ2n) is 11.3. The van der Waals surface area contributed by atoms with Crippen LogP contribution in [0.4, 0.5) is 40.3 Å². The molecule has 0 fully saturated rings. The van der Waals surface area contributed by atoms with E-state index in [4.69, 9.17) is 21.9 Å². The van der Waals surface area contributed by atoms with E-state index in [1.807, 2.05) is 0 Å². The SMILES string of the molecule is NC([O-])=Nc1cc(N=Nc2cc3c(S(=O)(=O)[O-])cc(S(=O)(=O)[O-])cc3cc2S(=O)(=O)[O-])ccc1Nc1nc(Cl)nc(Nc2ccc(S(=O)(=O)CCOS(=O)(=O)O)cc2)n1.[Na+].[Na+].[Na+].[Na+]. The van der Waals surface area contributed by atoms with E-state index in [1.165, 1.54) is 36.4 Å². The number of nitrogens with zero attached hydrogens (tertiary/aromatic N) is 6.